The molecule has 8 heteroatoms. The molecule has 0 heterocycles. The van der Waals surface area contributed by atoms with E-state index in [1.807, 2.05) is 38.1 Å². The molecular formula is C19H21ClN4O2S. The lowest BCUT2D eigenvalue weighted by atomic mass is 10.2. The van der Waals surface area contributed by atoms with Gasteiger partial charge in [-0.2, -0.15) is 5.10 Å². The molecule has 0 aliphatic carbocycles. The molecule has 0 saturated heterocycles. The highest BCUT2D eigenvalue weighted by molar-refractivity contribution is 7.80. The van der Waals surface area contributed by atoms with Crippen molar-refractivity contribution in [3.63, 3.8) is 0 Å². The fourth-order valence-corrected chi connectivity index (χ4v) is 2.50. The number of anilines is 1. The van der Waals surface area contributed by atoms with Gasteiger partial charge in [-0.3, -0.25) is 10.2 Å². The quantitative estimate of drug-likeness (QED) is 0.374. The minimum Gasteiger partial charge on any atom is -0.482 e. The molecule has 0 unspecified atom stereocenters. The summed E-state index contributed by atoms with van der Waals surface area (Å²) in [6, 6.07) is 12.7. The third-order valence-corrected chi connectivity index (χ3v) is 3.90. The van der Waals surface area contributed by atoms with Crippen LogP contribution in [0.15, 0.2) is 47.6 Å². The molecule has 27 heavy (non-hydrogen) atoms. The summed E-state index contributed by atoms with van der Waals surface area (Å²) >= 11 is 11.2. The molecule has 0 aromatic heterocycles. The van der Waals surface area contributed by atoms with Crippen LogP contribution in [0.3, 0.4) is 0 Å². The van der Waals surface area contributed by atoms with Gasteiger partial charge < -0.3 is 15.4 Å². The predicted molar refractivity (Wildman–Crippen MR) is 114 cm³/mol. The fraction of sp³-hybridized carbons (Fsp3) is 0.211. The number of nitrogens with one attached hydrogen (secondary N) is 3. The number of hydrogen-bond donors (Lipinski definition) is 3. The molecule has 0 radical (unpaired) electrons. The molecule has 0 bridgehead atoms. The van der Waals surface area contributed by atoms with Crippen LogP contribution < -0.4 is 20.8 Å². The number of halogens is 1. The van der Waals surface area contributed by atoms with Crippen LogP contribution in [0.25, 0.3) is 0 Å². The summed E-state index contributed by atoms with van der Waals surface area (Å²) in [7, 11) is 0. The summed E-state index contributed by atoms with van der Waals surface area (Å²) in [6.45, 7) is 4.50. The number of benzene rings is 2. The van der Waals surface area contributed by atoms with Crippen molar-refractivity contribution in [1.82, 2.24) is 10.7 Å². The number of nitrogens with zero attached hydrogens (tertiary/aromatic N) is 1. The summed E-state index contributed by atoms with van der Waals surface area (Å²) in [6.07, 6.45) is 1.59. The van der Waals surface area contributed by atoms with E-state index in [1.54, 1.807) is 24.4 Å². The number of hydrogen-bond acceptors (Lipinski definition) is 4. The van der Waals surface area contributed by atoms with Crippen molar-refractivity contribution in [2.75, 3.05) is 18.5 Å². The summed E-state index contributed by atoms with van der Waals surface area (Å²) in [5.41, 5.74) is 5.30. The first-order chi connectivity index (χ1) is 13.0. The van der Waals surface area contributed by atoms with E-state index in [0.29, 0.717) is 15.9 Å². The molecule has 6 nitrogen and oxygen atoms in total. The fourth-order valence-electron chi connectivity index (χ4n) is 2.06. The van der Waals surface area contributed by atoms with E-state index in [2.05, 4.69) is 21.2 Å². The first-order valence-corrected chi connectivity index (χ1v) is 9.12. The maximum Gasteiger partial charge on any atom is 0.262 e. The molecule has 0 saturated carbocycles. The van der Waals surface area contributed by atoms with Gasteiger partial charge in [0, 0.05) is 12.2 Å². The van der Waals surface area contributed by atoms with Crippen molar-refractivity contribution >= 4 is 46.7 Å². The standard InChI is InChI=1S/C19H21ClN4O2S/c1-3-21-19(27)24-22-11-14-6-9-17(16(20)10-14)26-12-18(25)23-15-7-4-13(2)5-8-15/h4-11H,3,12H2,1-2H3,(H,23,25)(H2,21,24,27). The van der Waals surface area contributed by atoms with Crippen molar-refractivity contribution in [1.29, 1.82) is 0 Å². The smallest absolute Gasteiger partial charge is 0.262 e. The third-order valence-electron chi connectivity index (χ3n) is 3.37. The Morgan fingerprint density at radius 2 is 2.00 bits per heavy atom. The molecule has 0 aliphatic rings. The van der Waals surface area contributed by atoms with E-state index in [4.69, 9.17) is 28.6 Å². The summed E-state index contributed by atoms with van der Waals surface area (Å²) in [5.74, 6) is 0.158. The van der Waals surface area contributed by atoms with Gasteiger partial charge in [-0.15, -0.1) is 0 Å². The van der Waals surface area contributed by atoms with Crippen LogP contribution in [0.5, 0.6) is 5.75 Å². The maximum atomic E-state index is 12.0. The Balaban J connectivity index is 1.86. The van der Waals surface area contributed by atoms with E-state index in [0.717, 1.165) is 23.4 Å². The van der Waals surface area contributed by atoms with Crippen molar-refractivity contribution in [3.05, 3.63) is 58.6 Å². The van der Waals surface area contributed by atoms with E-state index in [-0.39, 0.29) is 12.5 Å². The first-order valence-electron chi connectivity index (χ1n) is 8.33. The van der Waals surface area contributed by atoms with Gasteiger partial charge in [-0.1, -0.05) is 29.3 Å². The van der Waals surface area contributed by atoms with Crippen LogP contribution in [0.1, 0.15) is 18.1 Å². The minimum absolute atomic E-state index is 0.139. The highest BCUT2D eigenvalue weighted by Gasteiger charge is 2.07. The number of aryl methyl sites for hydroxylation is 1. The molecule has 0 atom stereocenters. The molecule has 142 valence electrons. The van der Waals surface area contributed by atoms with Crippen LogP contribution in [0, 0.1) is 6.92 Å². The number of hydrazone groups is 1. The molecule has 3 N–H and O–H groups in total. The predicted octanol–water partition coefficient (Wildman–Crippen LogP) is 3.48. The van der Waals surface area contributed by atoms with E-state index < -0.39 is 0 Å². The van der Waals surface area contributed by atoms with Gasteiger partial charge in [-0.25, -0.2) is 0 Å². The Labute approximate surface area is 168 Å². The zero-order valence-corrected chi connectivity index (χ0v) is 16.7. The molecule has 0 aliphatic heterocycles. The molecular weight excluding hydrogens is 384 g/mol. The Morgan fingerprint density at radius 1 is 1.26 bits per heavy atom. The van der Waals surface area contributed by atoms with Gasteiger partial charge in [0.2, 0.25) is 0 Å². The van der Waals surface area contributed by atoms with Gasteiger partial charge in [0.25, 0.3) is 5.91 Å². The van der Waals surface area contributed by atoms with Crippen LogP contribution >= 0.6 is 23.8 Å². The first kappa shape index (κ1) is 20.7. The maximum absolute atomic E-state index is 12.0. The number of thiocarbonyl (C=S) groups is 1. The highest BCUT2D eigenvalue weighted by Crippen LogP contribution is 2.25. The zero-order valence-electron chi connectivity index (χ0n) is 15.1. The molecule has 1 amide bonds. The third kappa shape index (κ3) is 7.24. The van der Waals surface area contributed by atoms with E-state index >= 15 is 0 Å². The van der Waals surface area contributed by atoms with Crippen molar-refractivity contribution in [2.24, 2.45) is 5.10 Å². The Bertz CT molecular complexity index is 825. The molecule has 2 rings (SSSR count). The lowest BCUT2D eigenvalue weighted by Gasteiger charge is -2.09. The second-order valence-electron chi connectivity index (χ2n) is 5.62. The Morgan fingerprint density at radius 3 is 2.67 bits per heavy atom. The normalized spacial score (nSPS) is 10.5. The number of rotatable bonds is 7. The van der Waals surface area contributed by atoms with E-state index in [9.17, 15) is 4.79 Å². The monoisotopic (exact) mass is 404 g/mol. The van der Waals surface area contributed by atoms with Crippen LogP contribution in [0.4, 0.5) is 5.69 Å². The highest BCUT2D eigenvalue weighted by atomic mass is 35.5. The molecule has 0 fully saturated rings. The number of carbonyl (C=O) groups is 1. The van der Waals surface area contributed by atoms with Gasteiger partial charge in [0.15, 0.2) is 11.7 Å². The number of ether oxygens (including phenoxy) is 1. The summed E-state index contributed by atoms with van der Waals surface area (Å²) < 4.78 is 5.49. The van der Waals surface area contributed by atoms with Crippen LogP contribution in [-0.4, -0.2) is 30.4 Å². The van der Waals surface area contributed by atoms with Gasteiger partial charge in [0.05, 0.1) is 11.2 Å². The minimum atomic E-state index is -0.262. The average molecular weight is 405 g/mol. The van der Waals surface area contributed by atoms with Crippen molar-refractivity contribution < 1.29 is 9.53 Å². The zero-order chi connectivity index (χ0) is 19.6. The van der Waals surface area contributed by atoms with Crippen LogP contribution in [-0.2, 0) is 4.79 Å². The topological polar surface area (TPSA) is 74.8 Å². The second kappa shape index (κ2) is 10.5. The van der Waals surface area contributed by atoms with Gasteiger partial charge in [-0.05, 0) is 62.0 Å². The molecule has 2 aromatic carbocycles. The second-order valence-corrected chi connectivity index (χ2v) is 6.44. The Kier molecular flexibility index (Phi) is 8.03. The average Bonchev–Trinajstić information content (AvgIpc) is 2.63. The number of amides is 1. The lowest BCUT2D eigenvalue weighted by molar-refractivity contribution is -0.118. The molecule has 2 aromatic rings. The number of carbonyl (C=O) groups excluding carboxylic acids is 1. The largest absolute Gasteiger partial charge is 0.482 e. The molecule has 0 spiro atoms. The van der Waals surface area contributed by atoms with E-state index in [1.165, 1.54) is 0 Å². The summed E-state index contributed by atoms with van der Waals surface area (Å²) in [4.78, 5) is 12.0. The lowest BCUT2D eigenvalue weighted by Crippen LogP contribution is -2.31. The van der Waals surface area contributed by atoms with Gasteiger partial charge >= 0.3 is 0 Å². The summed E-state index contributed by atoms with van der Waals surface area (Å²) in [5, 5.41) is 10.5. The Hall–Kier alpha value is -2.64. The van der Waals surface area contributed by atoms with Crippen molar-refractivity contribution in [2.45, 2.75) is 13.8 Å². The SMILES string of the molecule is CCNC(=S)NN=Cc1ccc(OCC(=O)Nc2ccc(C)cc2)c(Cl)c1. The van der Waals surface area contributed by atoms with Crippen molar-refractivity contribution in [3.8, 4) is 5.75 Å². The van der Waals surface area contributed by atoms with Crippen LogP contribution in [0.2, 0.25) is 5.02 Å². The van der Waals surface area contributed by atoms with Gasteiger partial charge in [0.1, 0.15) is 5.75 Å².